The van der Waals surface area contributed by atoms with Gasteiger partial charge < -0.3 is 4.74 Å². The van der Waals surface area contributed by atoms with Gasteiger partial charge in [-0.1, -0.05) is 70.8 Å². The predicted molar refractivity (Wildman–Crippen MR) is 117 cm³/mol. The molecule has 3 rings (SSSR count). The van der Waals surface area contributed by atoms with Gasteiger partial charge in [0.2, 0.25) is 0 Å². The zero-order valence-corrected chi connectivity index (χ0v) is 18.2. The molecule has 0 amide bonds. The van der Waals surface area contributed by atoms with Crippen molar-refractivity contribution in [3.63, 3.8) is 0 Å². The highest BCUT2D eigenvalue weighted by Crippen LogP contribution is 2.33. The third-order valence-electron chi connectivity index (χ3n) is 3.97. The van der Waals surface area contributed by atoms with Crippen molar-refractivity contribution in [2.75, 3.05) is 0 Å². The van der Waals surface area contributed by atoms with Gasteiger partial charge in [-0.2, -0.15) is 0 Å². The molecule has 3 aromatic rings. The summed E-state index contributed by atoms with van der Waals surface area (Å²) < 4.78 is 7.95. The minimum Gasteiger partial charge on any atom is -0.481 e. The van der Waals surface area contributed by atoms with Crippen molar-refractivity contribution in [2.24, 2.45) is 0 Å². The summed E-state index contributed by atoms with van der Waals surface area (Å²) in [6, 6.07) is 12.8. The zero-order valence-electron chi connectivity index (χ0n) is 15.1. The fourth-order valence-electron chi connectivity index (χ4n) is 2.60. The third-order valence-corrected chi connectivity index (χ3v) is 5.98. The van der Waals surface area contributed by atoms with Crippen LogP contribution >= 0.6 is 46.6 Å². The van der Waals surface area contributed by atoms with Crippen molar-refractivity contribution < 1.29 is 4.74 Å². The van der Waals surface area contributed by atoms with Crippen LogP contribution in [0.25, 0.3) is 0 Å². The summed E-state index contributed by atoms with van der Waals surface area (Å²) in [4.78, 5) is 0. The summed E-state index contributed by atoms with van der Waals surface area (Å²) in [5.41, 5.74) is 0.867. The predicted octanol–water partition coefficient (Wildman–Crippen LogP) is 6.86. The summed E-state index contributed by atoms with van der Waals surface area (Å²) in [6.07, 6.45) is 1.45. The van der Waals surface area contributed by atoms with Crippen LogP contribution in [0.4, 0.5) is 0 Å². The van der Waals surface area contributed by atoms with Gasteiger partial charge in [0, 0.05) is 22.3 Å². The maximum absolute atomic E-state index is 6.27. The molecule has 0 fully saturated rings. The van der Waals surface area contributed by atoms with E-state index in [2.05, 4.69) is 16.8 Å². The van der Waals surface area contributed by atoms with E-state index in [-0.39, 0.29) is 6.10 Å². The van der Waals surface area contributed by atoms with Crippen LogP contribution in [-0.2, 0) is 12.3 Å². The number of para-hydroxylation sites is 1. The molecule has 0 N–H and O–H groups in total. The highest BCUT2D eigenvalue weighted by atomic mass is 35.5. The van der Waals surface area contributed by atoms with Gasteiger partial charge in [-0.25, -0.2) is 0 Å². The van der Waals surface area contributed by atoms with E-state index >= 15 is 0 Å². The quantitative estimate of drug-likeness (QED) is 0.275. The van der Waals surface area contributed by atoms with Gasteiger partial charge in [0.25, 0.3) is 0 Å². The molecule has 146 valence electrons. The number of hydrogen-bond donors (Lipinski definition) is 0. The number of nitrogens with zero attached hydrogens (tertiary/aromatic N) is 3. The van der Waals surface area contributed by atoms with Crippen molar-refractivity contribution in [1.82, 2.24) is 14.8 Å². The Labute approximate surface area is 183 Å². The van der Waals surface area contributed by atoms with Gasteiger partial charge in [0.05, 0.1) is 5.02 Å². The third kappa shape index (κ3) is 4.84. The van der Waals surface area contributed by atoms with Crippen molar-refractivity contribution in [3.05, 3.63) is 81.6 Å². The molecule has 4 nitrogen and oxygen atoms in total. The molecule has 8 heteroatoms. The molecule has 0 spiro atoms. The van der Waals surface area contributed by atoms with Crippen LogP contribution in [0.3, 0.4) is 0 Å². The lowest BCUT2D eigenvalue weighted by Crippen LogP contribution is -2.12. The van der Waals surface area contributed by atoms with Crippen LogP contribution in [0.15, 0.2) is 60.3 Å². The van der Waals surface area contributed by atoms with Gasteiger partial charge in [-0.15, -0.1) is 16.8 Å². The van der Waals surface area contributed by atoms with Crippen molar-refractivity contribution in [2.45, 2.75) is 30.5 Å². The largest absolute Gasteiger partial charge is 0.481 e. The summed E-state index contributed by atoms with van der Waals surface area (Å²) in [7, 11) is 0. The maximum Gasteiger partial charge on any atom is 0.191 e. The standard InChI is InChI=1S/C20H18Cl3N3OS/c1-3-11-26-19(13(2)27-18-10-5-4-7-17(18)23)24-25-20(26)28-12-14-15(21)8-6-9-16(14)22/h3-10,13H,1,11-12H2,2H3. The van der Waals surface area contributed by atoms with Gasteiger partial charge >= 0.3 is 0 Å². The maximum atomic E-state index is 6.27. The number of allylic oxidation sites excluding steroid dienone is 1. The minimum absolute atomic E-state index is 0.342. The van der Waals surface area contributed by atoms with E-state index in [1.165, 1.54) is 11.8 Å². The van der Waals surface area contributed by atoms with E-state index < -0.39 is 0 Å². The smallest absolute Gasteiger partial charge is 0.191 e. The molecule has 0 aliphatic heterocycles. The molecule has 1 heterocycles. The molecular weight excluding hydrogens is 437 g/mol. The van der Waals surface area contributed by atoms with Crippen LogP contribution in [0.5, 0.6) is 5.75 Å². The molecule has 0 aliphatic carbocycles. The molecule has 0 saturated carbocycles. The number of thioether (sulfide) groups is 1. The monoisotopic (exact) mass is 453 g/mol. The fourth-order valence-corrected chi connectivity index (χ4v) is 4.48. The first-order valence-electron chi connectivity index (χ1n) is 8.52. The summed E-state index contributed by atoms with van der Waals surface area (Å²) >= 11 is 20.2. The number of halogens is 3. The number of hydrogen-bond acceptors (Lipinski definition) is 4. The molecule has 0 aliphatic rings. The van der Waals surface area contributed by atoms with Gasteiger partial charge in [0.1, 0.15) is 5.75 Å². The lowest BCUT2D eigenvalue weighted by Gasteiger charge is -2.16. The average molecular weight is 455 g/mol. The van der Waals surface area contributed by atoms with Crippen LogP contribution in [-0.4, -0.2) is 14.8 Å². The molecule has 1 aromatic heterocycles. The molecule has 28 heavy (non-hydrogen) atoms. The molecule has 2 aromatic carbocycles. The van der Waals surface area contributed by atoms with Crippen LogP contribution < -0.4 is 4.74 Å². The molecule has 0 saturated heterocycles. The summed E-state index contributed by atoms with van der Waals surface area (Å²) in [5, 5.41) is 11.2. The second-order valence-electron chi connectivity index (χ2n) is 5.92. The topological polar surface area (TPSA) is 39.9 Å². The molecule has 0 radical (unpaired) electrons. The highest BCUT2D eigenvalue weighted by Gasteiger charge is 2.20. The normalized spacial score (nSPS) is 12.0. The SMILES string of the molecule is C=CCn1c(SCc2c(Cl)cccc2Cl)nnc1C(C)Oc1ccccc1Cl. The Bertz CT molecular complexity index is 957. The Balaban J connectivity index is 1.81. The minimum atomic E-state index is -0.342. The van der Waals surface area contributed by atoms with E-state index in [1.54, 1.807) is 12.1 Å². The Morgan fingerprint density at radius 3 is 2.43 bits per heavy atom. The molecule has 0 bridgehead atoms. The molecule has 1 unspecified atom stereocenters. The first-order valence-corrected chi connectivity index (χ1v) is 10.6. The van der Waals surface area contributed by atoms with Gasteiger partial charge in [0.15, 0.2) is 17.1 Å². The zero-order chi connectivity index (χ0) is 20.1. The number of aromatic nitrogens is 3. The van der Waals surface area contributed by atoms with E-state index in [1.807, 2.05) is 47.9 Å². The van der Waals surface area contributed by atoms with Crippen LogP contribution in [0, 0.1) is 0 Å². The van der Waals surface area contributed by atoms with Crippen LogP contribution in [0.1, 0.15) is 24.4 Å². The first-order chi connectivity index (χ1) is 13.5. The Kier molecular flexibility index (Phi) is 7.30. The van der Waals surface area contributed by atoms with E-state index in [9.17, 15) is 0 Å². The molecule has 1 atom stereocenters. The number of benzene rings is 2. The summed E-state index contributed by atoms with van der Waals surface area (Å²) in [5.74, 6) is 1.86. The van der Waals surface area contributed by atoms with Gasteiger partial charge in [-0.05, 0) is 36.8 Å². The molecular formula is C20H18Cl3N3OS. The van der Waals surface area contributed by atoms with Crippen molar-refractivity contribution in [3.8, 4) is 5.75 Å². The lowest BCUT2D eigenvalue weighted by molar-refractivity contribution is 0.210. The Morgan fingerprint density at radius 1 is 1.07 bits per heavy atom. The van der Waals surface area contributed by atoms with E-state index in [0.717, 1.165) is 10.7 Å². The average Bonchev–Trinajstić information content (AvgIpc) is 3.06. The number of rotatable bonds is 8. The summed E-state index contributed by atoms with van der Waals surface area (Å²) in [6.45, 7) is 6.29. The van der Waals surface area contributed by atoms with E-state index in [4.69, 9.17) is 39.5 Å². The highest BCUT2D eigenvalue weighted by molar-refractivity contribution is 7.98. The second-order valence-corrected chi connectivity index (χ2v) is 8.08. The Hall–Kier alpha value is -1.66. The second kappa shape index (κ2) is 9.70. The number of ether oxygens (including phenoxy) is 1. The lowest BCUT2D eigenvalue weighted by atomic mass is 10.2. The van der Waals surface area contributed by atoms with E-state index in [0.29, 0.717) is 38.9 Å². The fraction of sp³-hybridized carbons (Fsp3) is 0.200. The Morgan fingerprint density at radius 2 is 1.75 bits per heavy atom. The first kappa shape index (κ1) is 21.1. The van der Waals surface area contributed by atoms with Crippen molar-refractivity contribution in [1.29, 1.82) is 0 Å². The van der Waals surface area contributed by atoms with Gasteiger partial charge in [-0.3, -0.25) is 4.57 Å². The van der Waals surface area contributed by atoms with Crippen LogP contribution in [0.2, 0.25) is 15.1 Å². The van der Waals surface area contributed by atoms with Crippen molar-refractivity contribution >= 4 is 46.6 Å².